The van der Waals surface area contributed by atoms with Gasteiger partial charge in [0, 0.05) is 11.1 Å². The zero-order valence-electron chi connectivity index (χ0n) is 12.6. The smallest absolute Gasteiger partial charge is 0.276 e. The van der Waals surface area contributed by atoms with Crippen molar-refractivity contribution in [1.29, 1.82) is 0 Å². The molecule has 2 N–H and O–H groups in total. The lowest BCUT2D eigenvalue weighted by Gasteiger charge is -2.05. The summed E-state index contributed by atoms with van der Waals surface area (Å²) in [7, 11) is 0. The van der Waals surface area contributed by atoms with E-state index < -0.39 is 0 Å². The molecule has 4 heteroatoms. The number of aromatic nitrogens is 2. The molecule has 0 bridgehead atoms. The van der Waals surface area contributed by atoms with Crippen LogP contribution in [0.4, 0.5) is 5.69 Å². The lowest BCUT2D eigenvalue weighted by atomic mass is 10.1. The Morgan fingerprint density at radius 1 is 1.14 bits per heavy atom. The molecular weight excluding hydrogens is 274 g/mol. The van der Waals surface area contributed by atoms with Crippen molar-refractivity contribution in [2.24, 2.45) is 0 Å². The highest BCUT2D eigenvalue weighted by Crippen LogP contribution is 2.17. The Bertz CT molecular complexity index is 774. The van der Waals surface area contributed by atoms with Crippen molar-refractivity contribution in [1.82, 2.24) is 10.2 Å². The number of H-pyrrole nitrogens is 1. The van der Waals surface area contributed by atoms with Gasteiger partial charge in [-0.05, 0) is 36.6 Å². The van der Waals surface area contributed by atoms with Crippen molar-refractivity contribution in [3.8, 4) is 0 Å². The molecule has 0 spiro atoms. The van der Waals surface area contributed by atoms with E-state index in [1.165, 1.54) is 18.4 Å². The minimum atomic E-state index is -0.196. The second kappa shape index (κ2) is 6.43. The summed E-state index contributed by atoms with van der Waals surface area (Å²) < 4.78 is 0. The third-order valence-electron chi connectivity index (χ3n) is 3.72. The van der Waals surface area contributed by atoms with Crippen molar-refractivity contribution in [3.05, 3.63) is 59.8 Å². The van der Waals surface area contributed by atoms with E-state index in [9.17, 15) is 4.79 Å². The van der Waals surface area contributed by atoms with Gasteiger partial charge in [-0.15, -0.1) is 0 Å². The number of hydrogen-bond donors (Lipinski definition) is 2. The van der Waals surface area contributed by atoms with Crippen LogP contribution in [0.3, 0.4) is 0 Å². The zero-order valence-corrected chi connectivity index (χ0v) is 12.6. The summed E-state index contributed by atoms with van der Waals surface area (Å²) in [6.45, 7) is 2.18. The van der Waals surface area contributed by atoms with Gasteiger partial charge in [0.05, 0.1) is 5.52 Å². The maximum Gasteiger partial charge on any atom is 0.276 e. The van der Waals surface area contributed by atoms with Gasteiger partial charge in [0.1, 0.15) is 0 Å². The average molecular weight is 293 g/mol. The number of benzene rings is 2. The van der Waals surface area contributed by atoms with Crippen molar-refractivity contribution in [2.45, 2.75) is 26.2 Å². The summed E-state index contributed by atoms with van der Waals surface area (Å²) in [5, 5.41) is 10.7. The summed E-state index contributed by atoms with van der Waals surface area (Å²) >= 11 is 0. The van der Waals surface area contributed by atoms with E-state index in [1.54, 1.807) is 0 Å². The Hall–Kier alpha value is -2.62. The van der Waals surface area contributed by atoms with Crippen LogP contribution in [0.15, 0.2) is 48.5 Å². The summed E-state index contributed by atoms with van der Waals surface area (Å²) in [5.74, 6) is -0.196. The number of rotatable bonds is 5. The fraction of sp³-hybridized carbons (Fsp3) is 0.222. The number of para-hydroxylation sites is 1. The third-order valence-corrected chi connectivity index (χ3v) is 3.72. The molecule has 0 aliphatic heterocycles. The van der Waals surface area contributed by atoms with E-state index in [2.05, 4.69) is 34.6 Å². The van der Waals surface area contributed by atoms with Gasteiger partial charge < -0.3 is 5.32 Å². The fourth-order valence-electron chi connectivity index (χ4n) is 2.46. The minimum Gasteiger partial charge on any atom is -0.321 e. The number of nitrogens with zero attached hydrogens (tertiary/aromatic N) is 1. The molecule has 3 aromatic rings. The quantitative estimate of drug-likeness (QED) is 0.742. The number of amides is 1. The van der Waals surface area contributed by atoms with Gasteiger partial charge in [0.25, 0.3) is 5.91 Å². The van der Waals surface area contributed by atoms with E-state index in [-0.39, 0.29) is 5.91 Å². The third kappa shape index (κ3) is 3.01. The molecule has 1 amide bonds. The molecule has 0 fully saturated rings. The lowest BCUT2D eigenvalue weighted by Crippen LogP contribution is -2.12. The highest BCUT2D eigenvalue weighted by atomic mass is 16.1. The van der Waals surface area contributed by atoms with Crippen LogP contribution in [0.2, 0.25) is 0 Å². The number of aromatic amines is 1. The molecule has 0 saturated carbocycles. The highest BCUT2D eigenvalue weighted by molar-refractivity contribution is 6.11. The average Bonchev–Trinajstić information content (AvgIpc) is 2.98. The largest absolute Gasteiger partial charge is 0.321 e. The van der Waals surface area contributed by atoms with Gasteiger partial charge in [-0.2, -0.15) is 5.10 Å². The first-order valence-electron chi connectivity index (χ1n) is 7.61. The number of unbranched alkanes of at least 4 members (excludes halogenated alkanes) is 1. The first-order chi connectivity index (χ1) is 10.8. The van der Waals surface area contributed by atoms with Gasteiger partial charge in [0.15, 0.2) is 5.69 Å². The SMILES string of the molecule is CCCCc1ccc(NC(=O)c2n[nH]c3ccccc23)cc1. The van der Waals surface area contributed by atoms with Gasteiger partial charge in [-0.3, -0.25) is 9.89 Å². The summed E-state index contributed by atoms with van der Waals surface area (Å²) in [6, 6.07) is 15.6. The normalized spacial score (nSPS) is 10.8. The van der Waals surface area contributed by atoms with Crippen molar-refractivity contribution in [3.63, 3.8) is 0 Å². The first-order valence-corrected chi connectivity index (χ1v) is 7.61. The number of hydrogen-bond acceptors (Lipinski definition) is 2. The van der Waals surface area contributed by atoms with Crippen molar-refractivity contribution < 1.29 is 4.79 Å². The molecule has 22 heavy (non-hydrogen) atoms. The van der Waals surface area contributed by atoms with E-state index in [0.717, 1.165) is 23.0 Å². The Balaban J connectivity index is 1.74. The Kier molecular flexibility index (Phi) is 4.19. The van der Waals surface area contributed by atoms with Crippen molar-refractivity contribution >= 4 is 22.5 Å². The molecule has 0 unspecified atom stereocenters. The number of nitrogens with one attached hydrogen (secondary N) is 2. The van der Waals surface area contributed by atoms with E-state index in [4.69, 9.17) is 0 Å². The molecule has 0 aliphatic carbocycles. The number of carbonyl (C=O) groups excluding carboxylic acids is 1. The van der Waals surface area contributed by atoms with Crippen LogP contribution in [-0.4, -0.2) is 16.1 Å². The maximum atomic E-state index is 12.4. The molecule has 1 heterocycles. The van der Waals surface area contributed by atoms with Crippen LogP contribution in [0.1, 0.15) is 35.8 Å². The van der Waals surface area contributed by atoms with E-state index in [0.29, 0.717) is 5.69 Å². The van der Waals surface area contributed by atoms with Crippen LogP contribution in [0, 0.1) is 0 Å². The summed E-state index contributed by atoms with van der Waals surface area (Å²) in [4.78, 5) is 12.4. The van der Waals surface area contributed by atoms with Gasteiger partial charge >= 0.3 is 0 Å². The maximum absolute atomic E-state index is 12.4. The predicted octanol–water partition coefficient (Wildman–Crippen LogP) is 4.16. The van der Waals surface area contributed by atoms with E-state index in [1.807, 2.05) is 36.4 Å². The molecule has 2 aromatic carbocycles. The topological polar surface area (TPSA) is 57.8 Å². The zero-order chi connectivity index (χ0) is 15.4. The number of fused-ring (bicyclic) bond motifs is 1. The van der Waals surface area contributed by atoms with Crippen LogP contribution >= 0.6 is 0 Å². The van der Waals surface area contributed by atoms with Crippen LogP contribution in [0.5, 0.6) is 0 Å². The van der Waals surface area contributed by atoms with E-state index >= 15 is 0 Å². The van der Waals surface area contributed by atoms with Gasteiger partial charge in [-0.25, -0.2) is 0 Å². The molecular formula is C18H19N3O. The molecule has 1 aromatic heterocycles. The Morgan fingerprint density at radius 2 is 1.91 bits per heavy atom. The molecule has 0 saturated heterocycles. The van der Waals surface area contributed by atoms with Crippen LogP contribution in [0.25, 0.3) is 10.9 Å². The second-order valence-corrected chi connectivity index (χ2v) is 5.37. The number of aryl methyl sites for hydroxylation is 1. The Labute approximate surface area is 129 Å². The highest BCUT2D eigenvalue weighted by Gasteiger charge is 2.13. The second-order valence-electron chi connectivity index (χ2n) is 5.37. The molecule has 112 valence electrons. The summed E-state index contributed by atoms with van der Waals surface area (Å²) in [6.07, 6.45) is 3.45. The molecule has 0 radical (unpaired) electrons. The van der Waals surface area contributed by atoms with Crippen LogP contribution in [-0.2, 0) is 6.42 Å². The van der Waals surface area contributed by atoms with Gasteiger partial charge in [-0.1, -0.05) is 43.7 Å². The molecule has 3 rings (SSSR count). The minimum absolute atomic E-state index is 0.196. The molecule has 0 atom stereocenters. The summed E-state index contributed by atoms with van der Waals surface area (Å²) in [5.41, 5.74) is 3.37. The molecule has 0 aliphatic rings. The number of carbonyl (C=O) groups is 1. The van der Waals surface area contributed by atoms with Gasteiger partial charge in [0.2, 0.25) is 0 Å². The van der Waals surface area contributed by atoms with Crippen molar-refractivity contribution in [2.75, 3.05) is 5.32 Å². The lowest BCUT2D eigenvalue weighted by molar-refractivity contribution is 0.102. The fourth-order valence-corrected chi connectivity index (χ4v) is 2.46. The number of anilines is 1. The standard InChI is InChI=1S/C18H19N3O/c1-2-3-6-13-9-11-14(12-10-13)19-18(22)17-15-7-4-5-8-16(15)20-21-17/h4-5,7-12H,2-3,6H2,1H3,(H,19,22)(H,20,21). The Morgan fingerprint density at radius 3 is 2.68 bits per heavy atom. The monoisotopic (exact) mass is 293 g/mol. The first kappa shape index (κ1) is 14.3. The van der Waals surface area contributed by atoms with Crippen LogP contribution < -0.4 is 5.32 Å². The molecule has 4 nitrogen and oxygen atoms in total. The predicted molar refractivity (Wildman–Crippen MR) is 89.1 cm³/mol.